The molecule has 1 unspecified atom stereocenters. The molecule has 5 N–H and O–H groups in total. The number of alkyl carbamates (subject to hydrolysis) is 1. The van der Waals surface area contributed by atoms with Gasteiger partial charge in [-0.25, -0.2) is 14.2 Å². The van der Waals surface area contributed by atoms with Crippen molar-refractivity contribution in [1.29, 1.82) is 0 Å². The fraction of sp³-hybridized carbons (Fsp3) is 0.567. The molecule has 238 valence electrons. The fourth-order valence-electron chi connectivity index (χ4n) is 4.72. The number of hydrazine groups is 1. The topological polar surface area (TPSA) is 143 Å². The molecule has 1 heterocycles. The van der Waals surface area contributed by atoms with Crippen molar-refractivity contribution < 1.29 is 28.5 Å². The Balaban J connectivity index is 1.84. The number of halogens is 2. The number of ether oxygens (including phenoxy) is 3. The van der Waals surface area contributed by atoms with Crippen LogP contribution in [0.25, 0.3) is 0 Å². The van der Waals surface area contributed by atoms with Crippen molar-refractivity contribution in [2.24, 2.45) is 15.7 Å². The largest absolute Gasteiger partial charge is 0.444 e. The molecule has 11 nitrogen and oxygen atoms in total. The lowest BCUT2D eigenvalue weighted by Gasteiger charge is -2.37. The number of nitrogens with two attached hydrogens (primary N) is 1. The first kappa shape index (κ1) is 34.3. The molecule has 0 radical (unpaired) electrons. The van der Waals surface area contributed by atoms with Crippen LogP contribution in [0.5, 0.6) is 0 Å². The highest BCUT2D eigenvalue weighted by Crippen LogP contribution is 2.29. The second-order valence-electron chi connectivity index (χ2n) is 11.3. The molecule has 3 rings (SSSR count). The fourth-order valence-corrected chi connectivity index (χ4v) is 4.88. The molecule has 1 aromatic carbocycles. The van der Waals surface area contributed by atoms with Crippen LogP contribution in [-0.4, -0.2) is 78.1 Å². The Hall–Kier alpha value is -3.19. The summed E-state index contributed by atoms with van der Waals surface area (Å²) in [6, 6.07) is 3.86. The van der Waals surface area contributed by atoms with Crippen LogP contribution in [0.15, 0.2) is 51.7 Å². The summed E-state index contributed by atoms with van der Waals surface area (Å²) in [7, 11) is 0. The van der Waals surface area contributed by atoms with Gasteiger partial charge in [-0.2, -0.15) is 0 Å². The number of amides is 1. The highest BCUT2D eigenvalue weighted by Gasteiger charge is 2.31. The first-order chi connectivity index (χ1) is 20.4. The predicted octanol–water partition coefficient (Wildman–Crippen LogP) is 4.72. The SMILES string of the molecule is C/C=C1/C(=NC2CCC(NC(=O)OC(C)(C)C)CC2)C(C(N)=Nc2cc(F)ccc2Cl)=CNN1C(C)OCCOCCO. The lowest BCUT2D eigenvalue weighted by molar-refractivity contribution is -0.0657. The number of carbonyl (C=O) groups excluding carboxylic acids is 1. The third kappa shape index (κ3) is 10.5. The summed E-state index contributed by atoms with van der Waals surface area (Å²) >= 11 is 6.26. The summed E-state index contributed by atoms with van der Waals surface area (Å²) in [5, 5.41) is 14.0. The molecule has 43 heavy (non-hydrogen) atoms. The van der Waals surface area contributed by atoms with Gasteiger partial charge in [0.15, 0.2) is 0 Å². The van der Waals surface area contributed by atoms with Crippen LogP contribution in [-0.2, 0) is 14.2 Å². The summed E-state index contributed by atoms with van der Waals surface area (Å²) in [6.45, 7) is 10.1. The minimum Gasteiger partial charge on any atom is -0.444 e. The average molecular weight is 623 g/mol. The van der Waals surface area contributed by atoms with Gasteiger partial charge in [-0.3, -0.25) is 10.0 Å². The van der Waals surface area contributed by atoms with E-state index in [2.05, 4.69) is 15.7 Å². The molecule has 13 heteroatoms. The van der Waals surface area contributed by atoms with Crippen LogP contribution < -0.4 is 16.5 Å². The monoisotopic (exact) mass is 622 g/mol. The van der Waals surface area contributed by atoms with Gasteiger partial charge in [0.05, 0.1) is 60.2 Å². The van der Waals surface area contributed by atoms with E-state index in [0.29, 0.717) is 24.5 Å². The minimum absolute atomic E-state index is 0.00440. The van der Waals surface area contributed by atoms with Gasteiger partial charge >= 0.3 is 6.09 Å². The minimum atomic E-state index is -0.565. The molecule has 1 aliphatic carbocycles. The highest BCUT2D eigenvalue weighted by molar-refractivity contribution is 6.34. The average Bonchev–Trinajstić information content (AvgIpc) is 2.94. The Kier molecular flexibility index (Phi) is 12.8. The number of aliphatic hydroxyl groups excluding tert-OH is 1. The molecular weight excluding hydrogens is 579 g/mol. The maximum atomic E-state index is 13.9. The van der Waals surface area contributed by atoms with Crippen molar-refractivity contribution in [2.45, 2.75) is 84.2 Å². The van der Waals surface area contributed by atoms with E-state index in [1.165, 1.54) is 18.2 Å². The molecule has 0 bridgehead atoms. The van der Waals surface area contributed by atoms with Gasteiger partial charge in [-0.15, -0.1) is 0 Å². The van der Waals surface area contributed by atoms with E-state index in [-0.39, 0.29) is 41.8 Å². The number of aliphatic imine (C=N–C) groups is 2. The van der Waals surface area contributed by atoms with Crippen LogP contribution in [0.2, 0.25) is 5.02 Å². The Morgan fingerprint density at radius 3 is 2.65 bits per heavy atom. The van der Waals surface area contributed by atoms with Crippen LogP contribution in [0.3, 0.4) is 0 Å². The second kappa shape index (κ2) is 16.0. The molecule has 1 amide bonds. The number of rotatable bonds is 11. The van der Waals surface area contributed by atoms with E-state index in [9.17, 15) is 9.18 Å². The van der Waals surface area contributed by atoms with Crippen molar-refractivity contribution in [3.05, 3.63) is 52.6 Å². The lowest BCUT2D eigenvalue weighted by atomic mass is 9.91. The predicted molar refractivity (Wildman–Crippen MR) is 166 cm³/mol. The number of carbonyl (C=O) groups is 1. The van der Waals surface area contributed by atoms with Gasteiger partial charge in [-0.1, -0.05) is 17.7 Å². The summed E-state index contributed by atoms with van der Waals surface area (Å²) in [5.74, 6) is -0.365. The van der Waals surface area contributed by atoms with Crippen LogP contribution in [0.4, 0.5) is 14.9 Å². The van der Waals surface area contributed by atoms with E-state index in [0.717, 1.165) is 31.4 Å². The van der Waals surface area contributed by atoms with Gasteiger partial charge in [0.1, 0.15) is 23.5 Å². The number of benzene rings is 1. The third-order valence-corrected chi connectivity index (χ3v) is 7.04. The number of nitrogens with zero attached hydrogens (tertiary/aromatic N) is 3. The lowest BCUT2D eigenvalue weighted by Crippen LogP contribution is -2.49. The van der Waals surface area contributed by atoms with Crippen LogP contribution >= 0.6 is 11.6 Å². The standard InChI is InChI=1S/C30H44ClFN6O5/c1-6-26-27(35-21-8-10-22(11-9-21)36-29(40)43-30(3,4)5)23(28(33)37-25-17-20(32)7-12-24(25)31)18-34-38(26)19(2)42-16-15-41-14-13-39/h6-7,12,17-19,21-22,34,39H,8-11,13-16H2,1-5H3,(H2,33,37)(H,36,40)/b26-6-,35-27?. The number of allylic oxidation sites excluding steroid dienone is 2. The maximum Gasteiger partial charge on any atom is 0.407 e. The first-order valence-corrected chi connectivity index (χ1v) is 14.9. The van der Waals surface area contributed by atoms with E-state index in [4.69, 9.17) is 41.6 Å². The summed E-state index contributed by atoms with van der Waals surface area (Å²) < 4.78 is 30.6. The van der Waals surface area contributed by atoms with Gasteiger partial charge < -0.3 is 35.8 Å². The zero-order chi connectivity index (χ0) is 31.6. The zero-order valence-electron chi connectivity index (χ0n) is 25.5. The number of hydrogen-bond donors (Lipinski definition) is 4. The summed E-state index contributed by atoms with van der Waals surface area (Å²) in [5.41, 5.74) is 11.2. The van der Waals surface area contributed by atoms with Crippen LogP contribution in [0, 0.1) is 5.82 Å². The highest BCUT2D eigenvalue weighted by atomic mass is 35.5. The number of amidine groups is 1. The molecule has 0 saturated heterocycles. The van der Waals surface area contributed by atoms with Gasteiger partial charge in [-0.05, 0) is 72.4 Å². The molecule has 1 saturated carbocycles. The van der Waals surface area contributed by atoms with E-state index >= 15 is 0 Å². The Morgan fingerprint density at radius 1 is 1.28 bits per heavy atom. The molecule has 1 aromatic rings. The van der Waals surface area contributed by atoms with Gasteiger partial charge in [0.25, 0.3) is 0 Å². The summed E-state index contributed by atoms with van der Waals surface area (Å²) in [6.07, 6.45) is 5.70. The first-order valence-electron chi connectivity index (χ1n) is 14.5. The van der Waals surface area contributed by atoms with Gasteiger partial charge in [0, 0.05) is 18.3 Å². The van der Waals surface area contributed by atoms with Crippen molar-refractivity contribution >= 4 is 34.9 Å². The molecule has 2 aliphatic rings. The second-order valence-corrected chi connectivity index (χ2v) is 11.7. The third-order valence-electron chi connectivity index (χ3n) is 6.72. The van der Waals surface area contributed by atoms with E-state index in [1.807, 2.05) is 45.7 Å². The quantitative estimate of drug-likeness (QED) is 0.158. The molecule has 1 atom stereocenters. The Morgan fingerprint density at radius 2 is 2.00 bits per heavy atom. The van der Waals surface area contributed by atoms with Crippen molar-refractivity contribution in [1.82, 2.24) is 15.8 Å². The smallest absolute Gasteiger partial charge is 0.407 e. The normalized spacial score (nSPS) is 22.3. The van der Waals surface area contributed by atoms with Gasteiger partial charge in [0.2, 0.25) is 0 Å². The van der Waals surface area contributed by atoms with E-state index in [1.54, 1.807) is 6.20 Å². The molecular formula is C30H44ClFN6O5. The van der Waals surface area contributed by atoms with Crippen molar-refractivity contribution in [2.75, 3.05) is 26.4 Å². The molecule has 1 fully saturated rings. The number of nitrogens with one attached hydrogen (secondary N) is 2. The summed E-state index contributed by atoms with van der Waals surface area (Å²) in [4.78, 5) is 21.8. The molecule has 1 aliphatic heterocycles. The Labute approximate surface area is 258 Å². The zero-order valence-corrected chi connectivity index (χ0v) is 26.3. The van der Waals surface area contributed by atoms with Crippen molar-refractivity contribution in [3.8, 4) is 0 Å². The number of aliphatic hydroxyl groups is 1. The maximum absolute atomic E-state index is 13.9. The molecule has 0 aromatic heterocycles. The van der Waals surface area contributed by atoms with E-state index < -0.39 is 23.7 Å². The number of hydrogen-bond acceptors (Lipinski definition) is 9. The van der Waals surface area contributed by atoms with Crippen molar-refractivity contribution in [3.63, 3.8) is 0 Å². The molecule has 0 spiro atoms. The Bertz CT molecular complexity index is 1220. The van der Waals surface area contributed by atoms with Crippen LogP contribution in [0.1, 0.15) is 60.3 Å².